The lowest BCUT2D eigenvalue weighted by molar-refractivity contribution is -0.141. The molecule has 2 unspecified atom stereocenters. The van der Waals surface area contributed by atoms with E-state index in [9.17, 15) is 19.6 Å². The fourth-order valence-electron chi connectivity index (χ4n) is 4.16. The molecule has 0 aromatic heterocycles. The molecule has 210 valence electrons. The fraction of sp³-hybridized carbons (Fsp3) is 0.484. The summed E-state index contributed by atoms with van der Waals surface area (Å²) in [5.74, 6) is -0.910. The highest BCUT2D eigenvalue weighted by atomic mass is 16.6. The zero-order valence-corrected chi connectivity index (χ0v) is 24.0. The van der Waals surface area contributed by atoms with Crippen LogP contribution in [0.3, 0.4) is 0 Å². The van der Waals surface area contributed by atoms with Crippen LogP contribution in [0.1, 0.15) is 75.3 Å². The third-order valence-electron chi connectivity index (χ3n) is 6.28. The van der Waals surface area contributed by atoms with Crippen molar-refractivity contribution >= 4 is 17.9 Å². The maximum atomic E-state index is 14.1. The number of ether oxygens (including phenoxy) is 1. The maximum Gasteiger partial charge on any atom is 0.408 e. The van der Waals surface area contributed by atoms with Gasteiger partial charge in [-0.1, -0.05) is 68.3 Å². The molecule has 0 radical (unpaired) electrons. The van der Waals surface area contributed by atoms with Crippen molar-refractivity contribution in [1.82, 2.24) is 15.5 Å². The van der Waals surface area contributed by atoms with Crippen molar-refractivity contribution in [3.05, 3.63) is 70.8 Å². The van der Waals surface area contributed by atoms with Gasteiger partial charge < -0.3 is 20.3 Å². The molecule has 0 saturated heterocycles. The van der Waals surface area contributed by atoms with Crippen LogP contribution in [0.25, 0.3) is 0 Å². The van der Waals surface area contributed by atoms with Gasteiger partial charge in [0.25, 0.3) is 0 Å². The summed E-state index contributed by atoms with van der Waals surface area (Å²) in [5.41, 5.74) is 2.67. The van der Waals surface area contributed by atoms with E-state index in [0.717, 1.165) is 36.0 Å². The van der Waals surface area contributed by atoms with E-state index in [0.29, 0.717) is 12.1 Å². The number of benzene rings is 2. The van der Waals surface area contributed by atoms with Crippen LogP contribution in [0.5, 0.6) is 0 Å². The Morgan fingerprint density at radius 2 is 1.72 bits per heavy atom. The monoisotopic (exact) mass is 534 g/mol. The molecule has 0 fully saturated rings. The molecule has 2 aromatic carbocycles. The van der Waals surface area contributed by atoms with Gasteiger partial charge in [-0.2, -0.15) is 5.26 Å². The fourth-order valence-corrected chi connectivity index (χ4v) is 4.16. The van der Waals surface area contributed by atoms with Gasteiger partial charge in [-0.05, 0) is 63.3 Å². The summed E-state index contributed by atoms with van der Waals surface area (Å²) in [7, 11) is 0. The Labute approximate surface area is 232 Å². The van der Waals surface area contributed by atoms with Crippen molar-refractivity contribution in [2.75, 3.05) is 13.1 Å². The molecule has 2 atom stereocenters. The molecular weight excluding hydrogens is 492 g/mol. The molecule has 0 aliphatic heterocycles. The Morgan fingerprint density at radius 3 is 2.31 bits per heavy atom. The minimum Gasteiger partial charge on any atom is -0.444 e. The zero-order valence-electron chi connectivity index (χ0n) is 24.0. The lowest BCUT2D eigenvalue weighted by atomic mass is 9.97. The van der Waals surface area contributed by atoms with Gasteiger partial charge in [-0.15, -0.1) is 0 Å². The third kappa shape index (κ3) is 10.1. The van der Waals surface area contributed by atoms with Gasteiger partial charge in [-0.3, -0.25) is 9.59 Å². The van der Waals surface area contributed by atoms with Gasteiger partial charge in [0.2, 0.25) is 11.8 Å². The average Bonchev–Trinajstić information content (AvgIpc) is 2.87. The van der Waals surface area contributed by atoms with Gasteiger partial charge >= 0.3 is 6.09 Å². The van der Waals surface area contributed by atoms with Crippen molar-refractivity contribution in [1.29, 1.82) is 5.26 Å². The van der Waals surface area contributed by atoms with Crippen molar-refractivity contribution in [2.45, 2.75) is 84.9 Å². The Kier molecular flexibility index (Phi) is 12.0. The van der Waals surface area contributed by atoms with Gasteiger partial charge in [0.05, 0.1) is 6.07 Å². The number of nitrogens with one attached hydrogen (secondary N) is 2. The second-order valence-corrected chi connectivity index (χ2v) is 10.8. The van der Waals surface area contributed by atoms with E-state index in [-0.39, 0.29) is 18.9 Å². The van der Waals surface area contributed by atoms with Crippen LogP contribution >= 0.6 is 0 Å². The first kappa shape index (κ1) is 31.4. The highest BCUT2D eigenvalue weighted by Crippen LogP contribution is 2.25. The number of nitriles is 1. The number of carbonyl (C=O) groups is 3. The van der Waals surface area contributed by atoms with Gasteiger partial charge in [-0.25, -0.2) is 4.79 Å². The van der Waals surface area contributed by atoms with Crippen LogP contribution in [0.4, 0.5) is 4.79 Å². The normalized spacial score (nSPS) is 12.5. The van der Waals surface area contributed by atoms with Crippen LogP contribution in [-0.2, 0) is 20.7 Å². The number of hydrogen-bond acceptors (Lipinski definition) is 5. The molecule has 39 heavy (non-hydrogen) atoms. The summed E-state index contributed by atoms with van der Waals surface area (Å²) in [6, 6.07) is 14.8. The number of carbonyl (C=O) groups excluding carboxylic acids is 3. The van der Waals surface area contributed by atoms with Crippen LogP contribution in [0, 0.1) is 25.2 Å². The molecule has 0 aliphatic carbocycles. The van der Waals surface area contributed by atoms with E-state index in [1.807, 2.05) is 68.4 Å². The maximum absolute atomic E-state index is 14.1. The standard InChI is InChI=1S/C31H42N4O4/c1-7-8-12-18-33-28(36)27(25-16-15-22(2)23(3)20-25)35(19-17-32)29(37)26(21-24-13-10-9-11-14-24)34-30(38)39-31(4,5)6/h9-11,13-16,20,26-27H,7-8,12,18-19,21H2,1-6H3,(H,33,36)(H,34,38). The molecule has 8 heteroatoms. The second kappa shape index (κ2) is 14.9. The smallest absolute Gasteiger partial charge is 0.408 e. The van der Waals surface area contributed by atoms with Crippen LogP contribution in [0.15, 0.2) is 48.5 Å². The zero-order chi connectivity index (χ0) is 29.0. The van der Waals surface area contributed by atoms with Crippen LogP contribution in [-0.4, -0.2) is 47.5 Å². The number of amides is 3. The SMILES string of the molecule is CCCCCNC(=O)C(c1ccc(C)c(C)c1)N(CC#N)C(=O)C(Cc1ccccc1)NC(=O)OC(C)(C)C. The Bertz CT molecular complexity index is 1150. The summed E-state index contributed by atoms with van der Waals surface area (Å²) in [6.45, 7) is 11.3. The van der Waals surface area contributed by atoms with Crippen LogP contribution in [0.2, 0.25) is 0 Å². The summed E-state index contributed by atoms with van der Waals surface area (Å²) in [5, 5.41) is 15.4. The van der Waals surface area contributed by atoms with E-state index >= 15 is 0 Å². The van der Waals surface area contributed by atoms with E-state index in [1.54, 1.807) is 20.8 Å². The molecule has 0 saturated carbocycles. The highest BCUT2D eigenvalue weighted by molar-refractivity contribution is 5.92. The number of hydrogen-bond donors (Lipinski definition) is 2. The quantitative estimate of drug-likeness (QED) is 0.289. The molecular formula is C31H42N4O4. The second-order valence-electron chi connectivity index (χ2n) is 10.8. The third-order valence-corrected chi connectivity index (χ3v) is 6.28. The van der Waals surface area contributed by atoms with Gasteiger partial charge in [0.15, 0.2) is 0 Å². The van der Waals surface area contributed by atoms with E-state index in [2.05, 4.69) is 17.6 Å². The predicted octanol–water partition coefficient (Wildman–Crippen LogP) is 5.14. The summed E-state index contributed by atoms with van der Waals surface area (Å²) in [6.07, 6.45) is 2.20. The molecule has 2 aromatic rings. The summed E-state index contributed by atoms with van der Waals surface area (Å²) in [4.78, 5) is 41.7. The van der Waals surface area contributed by atoms with Crippen LogP contribution < -0.4 is 10.6 Å². The first-order valence-corrected chi connectivity index (χ1v) is 13.5. The number of alkyl carbamates (subject to hydrolysis) is 1. The molecule has 0 heterocycles. The van der Waals surface area contributed by atoms with Gasteiger partial charge in [0.1, 0.15) is 24.2 Å². The van der Waals surface area contributed by atoms with E-state index < -0.39 is 29.7 Å². The first-order chi connectivity index (χ1) is 18.5. The molecule has 2 N–H and O–H groups in total. The average molecular weight is 535 g/mol. The Morgan fingerprint density at radius 1 is 1.03 bits per heavy atom. The van der Waals surface area contributed by atoms with E-state index in [4.69, 9.17) is 4.74 Å². The molecule has 0 spiro atoms. The molecule has 8 nitrogen and oxygen atoms in total. The van der Waals surface area contributed by atoms with Crippen molar-refractivity contribution < 1.29 is 19.1 Å². The minimum atomic E-state index is -1.06. The minimum absolute atomic E-state index is 0.165. The van der Waals surface area contributed by atoms with Crippen molar-refractivity contribution in [3.8, 4) is 6.07 Å². The Hall–Kier alpha value is -3.86. The highest BCUT2D eigenvalue weighted by Gasteiger charge is 2.36. The predicted molar refractivity (Wildman–Crippen MR) is 152 cm³/mol. The number of nitrogens with zero attached hydrogens (tertiary/aromatic N) is 2. The molecule has 0 aliphatic rings. The Balaban J connectivity index is 2.50. The van der Waals surface area contributed by atoms with Gasteiger partial charge in [0, 0.05) is 13.0 Å². The van der Waals surface area contributed by atoms with E-state index in [1.165, 1.54) is 4.90 Å². The number of unbranched alkanes of at least 4 members (excludes halogenated alkanes) is 2. The largest absolute Gasteiger partial charge is 0.444 e. The lowest BCUT2D eigenvalue weighted by Crippen LogP contribution is -2.54. The molecule has 0 bridgehead atoms. The molecule has 3 amide bonds. The summed E-state index contributed by atoms with van der Waals surface area (Å²) < 4.78 is 5.43. The number of aryl methyl sites for hydroxylation is 2. The topological polar surface area (TPSA) is 112 Å². The first-order valence-electron chi connectivity index (χ1n) is 13.5. The summed E-state index contributed by atoms with van der Waals surface area (Å²) >= 11 is 0. The van der Waals surface area contributed by atoms with Crippen molar-refractivity contribution in [3.63, 3.8) is 0 Å². The number of rotatable bonds is 12. The van der Waals surface area contributed by atoms with Crippen molar-refractivity contribution in [2.24, 2.45) is 0 Å². The lowest BCUT2D eigenvalue weighted by Gasteiger charge is -2.33. The molecule has 2 rings (SSSR count).